The molecule has 2 heterocycles. The lowest BCUT2D eigenvalue weighted by molar-refractivity contribution is 0.697. The number of halogens is 1. The molecule has 0 unspecified atom stereocenters. The molecular weight excluding hydrogens is 308 g/mol. The molecule has 2 nitrogen and oxygen atoms in total. The van der Waals surface area contributed by atoms with Crippen molar-refractivity contribution in [1.82, 2.24) is 10.3 Å². The lowest BCUT2D eigenvalue weighted by atomic mass is 10.2. The van der Waals surface area contributed by atoms with Crippen molar-refractivity contribution in [3.63, 3.8) is 0 Å². The van der Waals surface area contributed by atoms with E-state index in [1.165, 1.54) is 10.4 Å². The Bertz CT molecular complexity index is 676. The molecule has 0 atom stereocenters. The van der Waals surface area contributed by atoms with Gasteiger partial charge in [-0.15, -0.1) is 22.7 Å². The molecular formula is C15H13ClN2S2. The average molecular weight is 321 g/mol. The first-order valence-electron chi connectivity index (χ1n) is 6.26. The van der Waals surface area contributed by atoms with Crippen LogP contribution < -0.4 is 5.32 Å². The van der Waals surface area contributed by atoms with Gasteiger partial charge < -0.3 is 5.32 Å². The quantitative estimate of drug-likeness (QED) is 0.729. The number of rotatable bonds is 5. The van der Waals surface area contributed by atoms with Crippen LogP contribution in [-0.4, -0.2) is 4.98 Å². The molecule has 0 saturated carbocycles. The molecule has 0 radical (unpaired) electrons. The zero-order chi connectivity index (χ0) is 13.8. The number of hydrogen-bond donors (Lipinski definition) is 1. The molecule has 20 heavy (non-hydrogen) atoms. The third kappa shape index (κ3) is 3.46. The van der Waals surface area contributed by atoms with Gasteiger partial charge in [0, 0.05) is 28.9 Å². The summed E-state index contributed by atoms with van der Waals surface area (Å²) in [6.07, 6.45) is 0. The first-order chi connectivity index (χ1) is 9.81. The van der Waals surface area contributed by atoms with Gasteiger partial charge in [-0.05, 0) is 12.1 Å². The van der Waals surface area contributed by atoms with E-state index in [0.29, 0.717) is 0 Å². The Kier molecular flexibility index (Phi) is 4.47. The standard InChI is InChI=1S/C15H13ClN2S2/c16-14-7-6-12(20-14)8-17-9-15-18-13(10-19-15)11-4-2-1-3-5-11/h1-7,10,17H,8-9H2. The van der Waals surface area contributed by atoms with E-state index in [1.807, 2.05) is 24.3 Å². The van der Waals surface area contributed by atoms with E-state index in [1.54, 1.807) is 22.7 Å². The second-order valence-electron chi connectivity index (χ2n) is 4.30. The summed E-state index contributed by atoms with van der Waals surface area (Å²) < 4.78 is 0.836. The van der Waals surface area contributed by atoms with Crippen molar-refractivity contribution in [2.24, 2.45) is 0 Å². The molecule has 0 amide bonds. The van der Waals surface area contributed by atoms with Gasteiger partial charge in [-0.3, -0.25) is 0 Å². The van der Waals surface area contributed by atoms with Gasteiger partial charge in [-0.25, -0.2) is 4.98 Å². The molecule has 0 bridgehead atoms. The van der Waals surface area contributed by atoms with Gasteiger partial charge in [0.05, 0.1) is 10.0 Å². The summed E-state index contributed by atoms with van der Waals surface area (Å²) in [6, 6.07) is 14.2. The molecule has 1 N–H and O–H groups in total. The normalized spacial score (nSPS) is 10.8. The fraction of sp³-hybridized carbons (Fsp3) is 0.133. The maximum atomic E-state index is 5.91. The fourth-order valence-electron chi connectivity index (χ4n) is 1.87. The Morgan fingerprint density at radius 3 is 2.65 bits per heavy atom. The van der Waals surface area contributed by atoms with Gasteiger partial charge in [0.1, 0.15) is 5.01 Å². The van der Waals surface area contributed by atoms with Crippen molar-refractivity contribution in [2.45, 2.75) is 13.1 Å². The molecule has 3 rings (SSSR count). The molecule has 5 heteroatoms. The molecule has 0 aliphatic rings. The smallest absolute Gasteiger partial charge is 0.107 e. The van der Waals surface area contributed by atoms with E-state index in [2.05, 4.69) is 33.9 Å². The van der Waals surface area contributed by atoms with Crippen molar-refractivity contribution in [1.29, 1.82) is 0 Å². The predicted octanol–water partition coefficient (Wildman–Crippen LogP) is 4.81. The molecule has 0 fully saturated rings. The Morgan fingerprint density at radius 1 is 1.05 bits per heavy atom. The minimum atomic E-state index is 0.785. The molecule has 0 spiro atoms. The summed E-state index contributed by atoms with van der Waals surface area (Å²) in [7, 11) is 0. The van der Waals surface area contributed by atoms with Crippen LogP contribution in [-0.2, 0) is 13.1 Å². The van der Waals surface area contributed by atoms with Crippen LogP contribution in [0.25, 0.3) is 11.3 Å². The number of nitrogens with zero attached hydrogens (tertiary/aromatic N) is 1. The number of hydrogen-bond acceptors (Lipinski definition) is 4. The topological polar surface area (TPSA) is 24.9 Å². The van der Waals surface area contributed by atoms with Gasteiger partial charge in [0.25, 0.3) is 0 Å². The first-order valence-corrected chi connectivity index (χ1v) is 8.33. The summed E-state index contributed by atoms with van der Waals surface area (Å²) in [6.45, 7) is 1.62. The predicted molar refractivity (Wildman–Crippen MR) is 87.4 cm³/mol. The minimum Gasteiger partial charge on any atom is -0.306 e. The molecule has 3 aromatic rings. The maximum Gasteiger partial charge on any atom is 0.107 e. The SMILES string of the molecule is Clc1ccc(CNCc2nc(-c3ccccc3)cs2)s1. The largest absolute Gasteiger partial charge is 0.306 e. The number of thiazole rings is 1. The highest BCUT2D eigenvalue weighted by molar-refractivity contribution is 7.16. The minimum absolute atomic E-state index is 0.785. The van der Waals surface area contributed by atoms with Crippen LogP contribution in [0.2, 0.25) is 4.34 Å². The van der Waals surface area contributed by atoms with E-state index in [0.717, 1.165) is 28.1 Å². The molecule has 102 valence electrons. The third-order valence-electron chi connectivity index (χ3n) is 2.83. The summed E-state index contributed by atoms with van der Waals surface area (Å²) >= 11 is 9.21. The third-order valence-corrected chi connectivity index (χ3v) is 4.91. The van der Waals surface area contributed by atoms with Crippen molar-refractivity contribution in [2.75, 3.05) is 0 Å². The van der Waals surface area contributed by atoms with Gasteiger partial charge in [-0.1, -0.05) is 41.9 Å². The molecule has 0 aliphatic carbocycles. The monoisotopic (exact) mass is 320 g/mol. The molecule has 0 saturated heterocycles. The van der Waals surface area contributed by atoms with Crippen LogP contribution in [0.3, 0.4) is 0 Å². The number of aromatic nitrogens is 1. The van der Waals surface area contributed by atoms with Crippen molar-refractivity contribution in [3.8, 4) is 11.3 Å². The Hall–Kier alpha value is -1.20. The van der Waals surface area contributed by atoms with Crippen LogP contribution in [0.5, 0.6) is 0 Å². The van der Waals surface area contributed by atoms with Crippen LogP contribution in [0, 0.1) is 0 Å². The molecule has 1 aromatic carbocycles. The number of thiophene rings is 1. The zero-order valence-electron chi connectivity index (χ0n) is 10.7. The summed E-state index contributed by atoms with van der Waals surface area (Å²) in [5.41, 5.74) is 2.21. The van der Waals surface area contributed by atoms with Gasteiger partial charge in [-0.2, -0.15) is 0 Å². The van der Waals surface area contributed by atoms with Gasteiger partial charge in [0.2, 0.25) is 0 Å². The van der Waals surface area contributed by atoms with Crippen LogP contribution in [0.15, 0.2) is 47.8 Å². The van der Waals surface area contributed by atoms with Crippen LogP contribution >= 0.6 is 34.3 Å². The van der Waals surface area contributed by atoms with Gasteiger partial charge >= 0.3 is 0 Å². The van der Waals surface area contributed by atoms with E-state index in [4.69, 9.17) is 11.6 Å². The van der Waals surface area contributed by atoms with Crippen molar-refractivity contribution < 1.29 is 0 Å². The number of benzene rings is 1. The lowest BCUT2D eigenvalue weighted by Crippen LogP contribution is -2.11. The van der Waals surface area contributed by atoms with Crippen LogP contribution in [0.4, 0.5) is 0 Å². The maximum absolute atomic E-state index is 5.91. The summed E-state index contributed by atoms with van der Waals surface area (Å²) in [5.74, 6) is 0. The van der Waals surface area contributed by atoms with E-state index in [9.17, 15) is 0 Å². The Labute approximate surface area is 131 Å². The van der Waals surface area contributed by atoms with Crippen molar-refractivity contribution >= 4 is 34.3 Å². The van der Waals surface area contributed by atoms with E-state index < -0.39 is 0 Å². The average Bonchev–Trinajstić information content (AvgIpc) is 3.09. The Morgan fingerprint density at radius 2 is 1.90 bits per heavy atom. The highest BCUT2D eigenvalue weighted by atomic mass is 35.5. The van der Waals surface area contributed by atoms with Gasteiger partial charge in [0.15, 0.2) is 0 Å². The zero-order valence-corrected chi connectivity index (χ0v) is 13.1. The van der Waals surface area contributed by atoms with E-state index in [-0.39, 0.29) is 0 Å². The second kappa shape index (κ2) is 6.50. The second-order valence-corrected chi connectivity index (χ2v) is 7.04. The molecule has 2 aromatic heterocycles. The van der Waals surface area contributed by atoms with E-state index >= 15 is 0 Å². The fourth-order valence-corrected chi connectivity index (χ4v) is 3.70. The summed E-state index contributed by atoms with van der Waals surface area (Å²) in [4.78, 5) is 5.90. The molecule has 0 aliphatic heterocycles. The first kappa shape index (κ1) is 13.8. The lowest BCUT2D eigenvalue weighted by Gasteiger charge is -1.99. The highest BCUT2D eigenvalue weighted by Crippen LogP contribution is 2.23. The van der Waals surface area contributed by atoms with Crippen molar-refractivity contribution in [3.05, 3.63) is 62.1 Å². The highest BCUT2D eigenvalue weighted by Gasteiger charge is 2.04. The Balaban J connectivity index is 1.58. The summed E-state index contributed by atoms with van der Waals surface area (Å²) in [5, 5.41) is 6.60. The van der Waals surface area contributed by atoms with Crippen LogP contribution in [0.1, 0.15) is 9.88 Å². The number of nitrogens with one attached hydrogen (secondary N) is 1.